The molecule has 0 saturated carbocycles. The van der Waals surface area contributed by atoms with Crippen molar-refractivity contribution in [3.8, 4) is 0 Å². The molecule has 2 nitrogen and oxygen atoms in total. The Morgan fingerprint density at radius 3 is 2.43 bits per heavy atom. The van der Waals surface area contributed by atoms with Crippen molar-refractivity contribution >= 4 is 23.2 Å². The van der Waals surface area contributed by atoms with E-state index in [2.05, 4.69) is 12.2 Å². The fraction of sp³-hybridized carbons (Fsp3) is 0.278. The topological polar surface area (TPSA) is 29.1 Å². The first-order valence-corrected chi connectivity index (χ1v) is 7.63. The van der Waals surface area contributed by atoms with Gasteiger partial charge in [-0.05, 0) is 48.6 Å². The Hall–Kier alpha value is -1.80. The number of amides is 1. The molecule has 2 rings (SSSR count). The largest absolute Gasteiger partial charge is 0.321 e. The fourth-order valence-electron chi connectivity index (χ4n) is 2.48. The van der Waals surface area contributed by atoms with Crippen molar-refractivity contribution in [1.82, 2.24) is 0 Å². The van der Waals surface area contributed by atoms with Crippen LogP contribution < -0.4 is 5.32 Å². The van der Waals surface area contributed by atoms with E-state index in [-0.39, 0.29) is 5.91 Å². The lowest BCUT2D eigenvalue weighted by Gasteiger charge is -2.16. The van der Waals surface area contributed by atoms with Crippen LogP contribution in [-0.2, 0) is 12.8 Å². The zero-order valence-corrected chi connectivity index (χ0v) is 13.4. The van der Waals surface area contributed by atoms with E-state index in [0.717, 1.165) is 35.2 Å². The maximum Gasteiger partial charge on any atom is 0.255 e. The molecule has 2 aromatic carbocycles. The highest BCUT2D eigenvalue weighted by molar-refractivity contribution is 6.32. The highest BCUT2D eigenvalue weighted by Crippen LogP contribution is 2.30. The lowest BCUT2D eigenvalue weighted by atomic mass is 10.0. The van der Waals surface area contributed by atoms with Gasteiger partial charge in [0, 0.05) is 16.3 Å². The molecular formula is C18H20ClNO. The van der Waals surface area contributed by atoms with Crippen LogP contribution in [0.1, 0.15) is 40.9 Å². The normalized spacial score (nSPS) is 10.5. The molecule has 0 bridgehead atoms. The summed E-state index contributed by atoms with van der Waals surface area (Å²) in [7, 11) is 0. The average Bonchev–Trinajstić information content (AvgIpc) is 2.48. The van der Waals surface area contributed by atoms with Gasteiger partial charge < -0.3 is 5.32 Å². The number of benzene rings is 2. The van der Waals surface area contributed by atoms with Crippen LogP contribution in [-0.4, -0.2) is 5.91 Å². The quantitative estimate of drug-likeness (QED) is 0.843. The van der Waals surface area contributed by atoms with Crippen molar-refractivity contribution in [2.75, 3.05) is 5.32 Å². The van der Waals surface area contributed by atoms with Crippen molar-refractivity contribution in [2.24, 2.45) is 0 Å². The van der Waals surface area contributed by atoms with Gasteiger partial charge in [0.25, 0.3) is 5.91 Å². The molecule has 2 aromatic rings. The molecule has 1 N–H and O–H groups in total. The van der Waals surface area contributed by atoms with E-state index in [1.165, 1.54) is 0 Å². The number of aryl methyl sites for hydroxylation is 2. The molecule has 0 heterocycles. The van der Waals surface area contributed by atoms with E-state index in [0.29, 0.717) is 10.6 Å². The molecule has 0 unspecified atom stereocenters. The smallest absolute Gasteiger partial charge is 0.255 e. The van der Waals surface area contributed by atoms with E-state index in [1.54, 1.807) is 0 Å². The van der Waals surface area contributed by atoms with Crippen LogP contribution in [0.4, 0.5) is 5.69 Å². The van der Waals surface area contributed by atoms with Gasteiger partial charge in [-0.15, -0.1) is 0 Å². The molecule has 0 aliphatic carbocycles. The first-order valence-electron chi connectivity index (χ1n) is 7.25. The van der Waals surface area contributed by atoms with Crippen LogP contribution in [0, 0.1) is 6.92 Å². The van der Waals surface area contributed by atoms with Crippen LogP contribution >= 0.6 is 11.6 Å². The fourth-order valence-corrected chi connectivity index (χ4v) is 2.77. The summed E-state index contributed by atoms with van der Waals surface area (Å²) in [6.07, 6.45) is 1.64. The van der Waals surface area contributed by atoms with Crippen molar-refractivity contribution in [3.63, 3.8) is 0 Å². The number of carbonyl (C=O) groups is 1. The lowest BCUT2D eigenvalue weighted by molar-refractivity contribution is 0.102. The van der Waals surface area contributed by atoms with Gasteiger partial charge in [0.1, 0.15) is 0 Å². The Morgan fingerprint density at radius 2 is 1.81 bits per heavy atom. The predicted molar refractivity (Wildman–Crippen MR) is 89.3 cm³/mol. The summed E-state index contributed by atoms with van der Waals surface area (Å²) in [6.45, 7) is 6.06. The summed E-state index contributed by atoms with van der Waals surface area (Å²) in [6, 6.07) is 11.5. The van der Waals surface area contributed by atoms with Gasteiger partial charge in [-0.1, -0.05) is 49.7 Å². The molecular weight excluding hydrogens is 282 g/mol. The van der Waals surface area contributed by atoms with E-state index in [9.17, 15) is 4.79 Å². The maximum atomic E-state index is 12.5. The Balaban J connectivity index is 2.41. The molecule has 0 aliphatic heterocycles. The van der Waals surface area contributed by atoms with Crippen molar-refractivity contribution < 1.29 is 4.79 Å². The lowest BCUT2D eigenvalue weighted by Crippen LogP contribution is -2.16. The molecule has 110 valence electrons. The molecule has 0 radical (unpaired) electrons. The first-order chi connectivity index (χ1) is 10.1. The van der Waals surface area contributed by atoms with Crippen molar-refractivity contribution in [3.05, 3.63) is 63.7 Å². The number of rotatable bonds is 4. The Kier molecular flexibility index (Phi) is 5.03. The van der Waals surface area contributed by atoms with E-state index >= 15 is 0 Å². The minimum atomic E-state index is -0.0835. The van der Waals surface area contributed by atoms with E-state index < -0.39 is 0 Å². The van der Waals surface area contributed by atoms with Crippen LogP contribution in [0.5, 0.6) is 0 Å². The molecule has 3 heteroatoms. The molecule has 0 fully saturated rings. The second kappa shape index (κ2) is 6.77. The van der Waals surface area contributed by atoms with Gasteiger partial charge >= 0.3 is 0 Å². The predicted octanol–water partition coefficient (Wildman–Crippen LogP) is 5.03. The molecule has 0 spiro atoms. The number of hydrogen-bond donors (Lipinski definition) is 1. The second-order valence-corrected chi connectivity index (χ2v) is 5.44. The summed E-state index contributed by atoms with van der Waals surface area (Å²) >= 11 is 6.27. The number of carbonyl (C=O) groups excluding carboxylic acids is 1. The molecule has 0 aromatic heterocycles. The van der Waals surface area contributed by atoms with Gasteiger partial charge in [0.2, 0.25) is 0 Å². The molecule has 1 amide bonds. The Labute approximate surface area is 131 Å². The third-order valence-electron chi connectivity index (χ3n) is 3.70. The van der Waals surface area contributed by atoms with Gasteiger partial charge in [0.15, 0.2) is 0 Å². The highest BCUT2D eigenvalue weighted by Gasteiger charge is 2.15. The molecule has 0 saturated heterocycles. The Morgan fingerprint density at radius 1 is 1.10 bits per heavy atom. The molecule has 21 heavy (non-hydrogen) atoms. The van der Waals surface area contributed by atoms with E-state index in [4.69, 9.17) is 11.6 Å². The number of anilines is 1. The summed E-state index contributed by atoms with van der Waals surface area (Å²) < 4.78 is 0. The summed E-state index contributed by atoms with van der Waals surface area (Å²) in [4.78, 5) is 12.5. The standard InChI is InChI=1S/C18H20ClNO/c1-4-13-10-11-16(19)14(5-2)17(13)20-18(21)15-9-7-6-8-12(15)3/h6-11H,4-5H2,1-3H3,(H,20,21). The van der Waals surface area contributed by atoms with Crippen molar-refractivity contribution in [2.45, 2.75) is 33.6 Å². The van der Waals surface area contributed by atoms with Gasteiger partial charge in [-0.3, -0.25) is 4.79 Å². The van der Waals surface area contributed by atoms with E-state index in [1.807, 2.05) is 50.2 Å². The monoisotopic (exact) mass is 301 g/mol. The summed E-state index contributed by atoms with van der Waals surface area (Å²) in [5.74, 6) is -0.0835. The van der Waals surface area contributed by atoms with Crippen LogP contribution in [0.2, 0.25) is 5.02 Å². The van der Waals surface area contributed by atoms with Crippen molar-refractivity contribution in [1.29, 1.82) is 0 Å². The minimum absolute atomic E-state index is 0.0835. The van der Waals surface area contributed by atoms with Gasteiger partial charge in [-0.25, -0.2) is 0 Å². The first kappa shape index (κ1) is 15.6. The summed E-state index contributed by atoms with van der Waals surface area (Å²) in [5, 5.41) is 3.76. The third-order valence-corrected chi connectivity index (χ3v) is 4.06. The molecule has 0 atom stereocenters. The SMILES string of the molecule is CCc1ccc(Cl)c(CC)c1NC(=O)c1ccccc1C. The molecule has 0 aliphatic rings. The maximum absolute atomic E-state index is 12.5. The van der Waals surface area contributed by atoms with Crippen LogP contribution in [0.3, 0.4) is 0 Å². The summed E-state index contributed by atoms with van der Waals surface area (Å²) in [5.41, 5.74) is 4.63. The van der Waals surface area contributed by atoms with Gasteiger partial charge in [0.05, 0.1) is 0 Å². The number of halogens is 1. The third kappa shape index (κ3) is 3.27. The zero-order valence-electron chi connectivity index (χ0n) is 12.7. The number of nitrogens with one attached hydrogen (secondary N) is 1. The van der Waals surface area contributed by atoms with Crippen LogP contribution in [0.25, 0.3) is 0 Å². The second-order valence-electron chi connectivity index (χ2n) is 5.04. The minimum Gasteiger partial charge on any atom is -0.321 e. The zero-order chi connectivity index (χ0) is 15.4. The highest BCUT2D eigenvalue weighted by atomic mass is 35.5. The number of hydrogen-bond acceptors (Lipinski definition) is 1. The van der Waals surface area contributed by atoms with Gasteiger partial charge in [-0.2, -0.15) is 0 Å². The Bertz CT molecular complexity index is 664. The average molecular weight is 302 g/mol. The van der Waals surface area contributed by atoms with Crippen LogP contribution in [0.15, 0.2) is 36.4 Å².